The Morgan fingerprint density at radius 3 is 2.74 bits per heavy atom. The highest BCUT2D eigenvalue weighted by Gasteiger charge is 2.20. The van der Waals surface area contributed by atoms with Gasteiger partial charge < -0.3 is 15.5 Å². The van der Waals surface area contributed by atoms with Crippen LogP contribution in [0.5, 0.6) is 0 Å². The molecule has 0 saturated carbocycles. The molecular formula is C15H23N3O. The summed E-state index contributed by atoms with van der Waals surface area (Å²) in [7, 11) is 1.89. The minimum absolute atomic E-state index is 0.0178. The first kappa shape index (κ1) is 13.9. The van der Waals surface area contributed by atoms with Crippen LogP contribution < -0.4 is 10.6 Å². The van der Waals surface area contributed by atoms with Gasteiger partial charge in [0.15, 0.2) is 0 Å². The molecule has 2 N–H and O–H groups in total. The number of nitrogens with zero attached hydrogens (tertiary/aromatic N) is 1. The second kappa shape index (κ2) is 6.57. The lowest BCUT2D eigenvalue weighted by atomic mass is 10.1. The van der Waals surface area contributed by atoms with Gasteiger partial charge in [0.25, 0.3) is 0 Å². The van der Waals surface area contributed by atoms with Gasteiger partial charge in [0.05, 0.1) is 0 Å². The summed E-state index contributed by atoms with van der Waals surface area (Å²) in [5.74, 6) is 0. The lowest BCUT2D eigenvalue weighted by molar-refractivity contribution is 0.198. The number of benzene rings is 1. The van der Waals surface area contributed by atoms with Crippen LogP contribution >= 0.6 is 0 Å². The van der Waals surface area contributed by atoms with Crippen LogP contribution in [0.3, 0.4) is 0 Å². The van der Waals surface area contributed by atoms with Crippen molar-refractivity contribution >= 4 is 11.7 Å². The molecule has 1 aromatic rings. The maximum absolute atomic E-state index is 12.2. The molecule has 4 nitrogen and oxygen atoms in total. The van der Waals surface area contributed by atoms with E-state index in [-0.39, 0.29) is 6.03 Å². The van der Waals surface area contributed by atoms with Crippen LogP contribution in [0.1, 0.15) is 24.8 Å². The first-order valence-corrected chi connectivity index (χ1v) is 6.98. The highest BCUT2D eigenvalue weighted by atomic mass is 16.2. The number of carbonyl (C=O) groups is 1. The average Bonchev–Trinajstić information content (AvgIpc) is 2.69. The minimum atomic E-state index is -0.0178. The SMILES string of the molecule is Cc1ccc(NC(=O)N(C)C2CCCNCC2)cc1. The van der Waals surface area contributed by atoms with Crippen molar-refractivity contribution in [1.29, 1.82) is 0 Å². The van der Waals surface area contributed by atoms with Gasteiger partial charge in [-0.1, -0.05) is 17.7 Å². The molecule has 0 bridgehead atoms. The lowest BCUT2D eigenvalue weighted by Crippen LogP contribution is -2.40. The molecule has 0 radical (unpaired) electrons. The molecule has 1 unspecified atom stereocenters. The predicted octanol–water partition coefficient (Wildman–Crippen LogP) is 2.60. The standard InChI is InChI=1S/C15H23N3O/c1-12-5-7-13(8-6-12)17-15(19)18(2)14-4-3-10-16-11-9-14/h5-8,14,16H,3-4,9-11H2,1-2H3,(H,17,19). The van der Waals surface area contributed by atoms with Crippen molar-refractivity contribution < 1.29 is 4.79 Å². The number of hydrogen-bond donors (Lipinski definition) is 2. The molecule has 2 rings (SSSR count). The number of rotatable bonds is 2. The van der Waals surface area contributed by atoms with Gasteiger partial charge >= 0.3 is 6.03 Å². The predicted molar refractivity (Wildman–Crippen MR) is 78.5 cm³/mol. The normalized spacial score (nSPS) is 19.6. The van der Waals surface area contributed by atoms with Gasteiger partial charge in [0.2, 0.25) is 0 Å². The summed E-state index contributed by atoms with van der Waals surface area (Å²) >= 11 is 0. The highest BCUT2D eigenvalue weighted by molar-refractivity contribution is 5.89. The summed E-state index contributed by atoms with van der Waals surface area (Å²) in [6.45, 7) is 4.09. The van der Waals surface area contributed by atoms with E-state index in [4.69, 9.17) is 0 Å². The first-order chi connectivity index (χ1) is 9.16. The van der Waals surface area contributed by atoms with Crippen molar-refractivity contribution in [2.24, 2.45) is 0 Å². The second-order valence-electron chi connectivity index (χ2n) is 5.24. The van der Waals surface area contributed by atoms with E-state index in [1.165, 1.54) is 5.56 Å². The van der Waals surface area contributed by atoms with E-state index in [1.54, 1.807) is 0 Å². The van der Waals surface area contributed by atoms with Gasteiger partial charge in [-0.3, -0.25) is 0 Å². The minimum Gasteiger partial charge on any atom is -0.325 e. The van der Waals surface area contributed by atoms with Crippen molar-refractivity contribution in [3.63, 3.8) is 0 Å². The molecule has 2 amide bonds. The molecule has 19 heavy (non-hydrogen) atoms. The topological polar surface area (TPSA) is 44.4 Å². The fourth-order valence-electron chi connectivity index (χ4n) is 2.40. The van der Waals surface area contributed by atoms with Crippen LogP contribution in [0.2, 0.25) is 0 Å². The molecule has 1 atom stereocenters. The molecule has 1 aliphatic heterocycles. The van der Waals surface area contributed by atoms with Crippen molar-refractivity contribution in [2.45, 2.75) is 32.2 Å². The van der Waals surface area contributed by atoms with Crippen LogP contribution in [0, 0.1) is 6.92 Å². The number of amides is 2. The number of aryl methyl sites for hydroxylation is 1. The van der Waals surface area contributed by atoms with E-state index in [1.807, 2.05) is 43.1 Å². The smallest absolute Gasteiger partial charge is 0.321 e. The maximum atomic E-state index is 12.2. The van der Waals surface area contributed by atoms with E-state index >= 15 is 0 Å². The van der Waals surface area contributed by atoms with Gasteiger partial charge in [0, 0.05) is 18.8 Å². The van der Waals surface area contributed by atoms with Gasteiger partial charge in [-0.05, 0) is 51.4 Å². The summed E-state index contributed by atoms with van der Waals surface area (Å²) in [5.41, 5.74) is 2.05. The molecule has 104 valence electrons. The Balaban J connectivity index is 1.92. The van der Waals surface area contributed by atoms with E-state index < -0.39 is 0 Å². The monoisotopic (exact) mass is 261 g/mol. The maximum Gasteiger partial charge on any atom is 0.321 e. The zero-order valence-corrected chi connectivity index (χ0v) is 11.8. The third-order valence-electron chi connectivity index (χ3n) is 3.72. The van der Waals surface area contributed by atoms with E-state index in [0.29, 0.717) is 6.04 Å². The van der Waals surface area contributed by atoms with Crippen LogP contribution in [-0.4, -0.2) is 37.1 Å². The Labute approximate surface area is 115 Å². The zero-order valence-electron chi connectivity index (χ0n) is 11.8. The van der Waals surface area contributed by atoms with Gasteiger partial charge in [-0.15, -0.1) is 0 Å². The molecule has 1 saturated heterocycles. The highest BCUT2D eigenvalue weighted by Crippen LogP contribution is 2.14. The lowest BCUT2D eigenvalue weighted by Gasteiger charge is -2.27. The average molecular weight is 261 g/mol. The molecule has 0 spiro atoms. The van der Waals surface area contributed by atoms with Gasteiger partial charge in [-0.2, -0.15) is 0 Å². The van der Waals surface area contributed by atoms with Crippen LogP contribution in [0.15, 0.2) is 24.3 Å². The van der Waals surface area contributed by atoms with Crippen LogP contribution in [0.4, 0.5) is 10.5 Å². The van der Waals surface area contributed by atoms with Crippen LogP contribution in [0.25, 0.3) is 0 Å². The number of nitrogens with one attached hydrogen (secondary N) is 2. The largest absolute Gasteiger partial charge is 0.325 e. The molecule has 4 heteroatoms. The fraction of sp³-hybridized carbons (Fsp3) is 0.533. The fourth-order valence-corrected chi connectivity index (χ4v) is 2.40. The molecule has 0 aromatic heterocycles. The summed E-state index contributed by atoms with van der Waals surface area (Å²) in [4.78, 5) is 14.0. The number of anilines is 1. The summed E-state index contributed by atoms with van der Waals surface area (Å²) in [5, 5.41) is 6.32. The summed E-state index contributed by atoms with van der Waals surface area (Å²) < 4.78 is 0. The van der Waals surface area contributed by atoms with E-state index in [0.717, 1.165) is 38.0 Å². The Morgan fingerprint density at radius 1 is 1.26 bits per heavy atom. The summed E-state index contributed by atoms with van der Waals surface area (Å²) in [6, 6.07) is 8.21. The molecular weight excluding hydrogens is 238 g/mol. The third kappa shape index (κ3) is 3.96. The quantitative estimate of drug-likeness (QED) is 0.859. The number of urea groups is 1. The van der Waals surface area contributed by atoms with Crippen LogP contribution in [-0.2, 0) is 0 Å². The van der Waals surface area contributed by atoms with Crippen molar-refractivity contribution in [3.05, 3.63) is 29.8 Å². The molecule has 1 aliphatic rings. The zero-order chi connectivity index (χ0) is 13.7. The molecule has 0 aliphatic carbocycles. The Bertz CT molecular complexity index is 408. The second-order valence-corrected chi connectivity index (χ2v) is 5.24. The number of carbonyl (C=O) groups excluding carboxylic acids is 1. The molecule has 1 aromatic carbocycles. The molecule has 1 fully saturated rings. The van der Waals surface area contributed by atoms with Gasteiger partial charge in [0.1, 0.15) is 0 Å². The number of hydrogen-bond acceptors (Lipinski definition) is 2. The van der Waals surface area contributed by atoms with Crippen molar-refractivity contribution in [2.75, 3.05) is 25.5 Å². The van der Waals surface area contributed by atoms with Crippen molar-refractivity contribution in [3.8, 4) is 0 Å². The van der Waals surface area contributed by atoms with E-state index in [9.17, 15) is 4.79 Å². The van der Waals surface area contributed by atoms with Gasteiger partial charge in [-0.25, -0.2) is 4.79 Å². The Morgan fingerprint density at radius 2 is 2.00 bits per heavy atom. The molecule has 1 heterocycles. The first-order valence-electron chi connectivity index (χ1n) is 6.98. The third-order valence-corrected chi connectivity index (χ3v) is 3.72. The Kier molecular flexibility index (Phi) is 4.80. The van der Waals surface area contributed by atoms with Crippen molar-refractivity contribution in [1.82, 2.24) is 10.2 Å². The summed E-state index contributed by atoms with van der Waals surface area (Å²) in [6.07, 6.45) is 3.23. The Hall–Kier alpha value is -1.55. The van der Waals surface area contributed by atoms with E-state index in [2.05, 4.69) is 10.6 Å².